The largest absolute Gasteiger partial charge is 0.356 e. The molecule has 0 aliphatic heterocycles. The first kappa shape index (κ1) is 19.8. The first-order valence-electron chi connectivity index (χ1n) is 10.1. The van der Waals surface area contributed by atoms with E-state index in [0.717, 1.165) is 28.3 Å². The third-order valence-corrected chi connectivity index (χ3v) is 5.30. The van der Waals surface area contributed by atoms with Gasteiger partial charge in [0.15, 0.2) is 5.78 Å². The van der Waals surface area contributed by atoms with Gasteiger partial charge in [-0.3, -0.25) is 14.6 Å². The number of pyridine rings is 1. The van der Waals surface area contributed by atoms with Gasteiger partial charge in [0.25, 0.3) is 0 Å². The zero-order chi connectivity index (χ0) is 20.9. The minimum Gasteiger partial charge on any atom is -0.356 e. The zero-order valence-corrected chi connectivity index (χ0v) is 16.9. The molecule has 4 rings (SSSR count). The number of Topliss-reactive ketones (excluding diaryl/α,β-unsaturated/α-hetero) is 1. The van der Waals surface area contributed by atoms with E-state index in [2.05, 4.69) is 25.9 Å². The number of para-hydroxylation sites is 1. The number of fused-ring (bicyclic) bond motifs is 1. The molecule has 0 bridgehead atoms. The number of rotatable bonds is 7. The Labute approximate surface area is 175 Å². The summed E-state index contributed by atoms with van der Waals surface area (Å²) in [6.07, 6.45) is 4.15. The Morgan fingerprint density at radius 2 is 1.87 bits per heavy atom. The molecule has 154 valence electrons. The molecule has 7 nitrogen and oxygen atoms in total. The standard InChI is InChI=1S/C23H25N5O2/c1-24-11-12-26-23(30)16-13-18-20(19(29)14-16)22(27-17-5-3-2-4-6-17)21(28-18)15-7-9-25-10-8-15/h2-10,16,24,27-28H,11-14H2,1H3,(H,26,30). The summed E-state index contributed by atoms with van der Waals surface area (Å²) in [6, 6.07) is 13.6. The van der Waals surface area contributed by atoms with Crippen molar-refractivity contribution >= 4 is 23.1 Å². The lowest BCUT2D eigenvalue weighted by Gasteiger charge is -2.21. The maximum Gasteiger partial charge on any atom is 0.224 e. The monoisotopic (exact) mass is 403 g/mol. The third kappa shape index (κ3) is 4.11. The van der Waals surface area contributed by atoms with Crippen molar-refractivity contribution in [1.29, 1.82) is 0 Å². The van der Waals surface area contributed by atoms with E-state index in [0.29, 0.717) is 25.1 Å². The summed E-state index contributed by atoms with van der Waals surface area (Å²) in [6.45, 7) is 1.23. The van der Waals surface area contributed by atoms with E-state index in [1.54, 1.807) is 12.4 Å². The number of H-pyrrole nitrogens is 1. The van der Waals surface area contributed by atoms with Crippen LogP contribution in [-0.2, 0) is 11.2 Å². The van der Waals surface area contributed by atoms with Crippen molar-refractivity contribution in [2.75, 3.05) is 25.5 Å². The average Bonchev–Trinajstić information content (AvgIpc) is 3.14. The number of hydrogen-bond donors (Lipinski definition) is 4. The molecule has 1 aromatic carbocycles. The highest BCUT2D eigenvalue weighted by atomic mass is 16.2. The SMILES string of the molecule is CNCCNC(=O)C1CC(=O)c2c([nH]c(-c3ccncc3)c2Nc2ccccc2)C1. The van der Waals surface area contributed by atoms with E-state index >= 15 is 0 Å². The Morgan fingerprint density at radius 1 is 1.10 bits per heavy atom. The van der Waals surface area contributed by atoms with E-state index in [9.17, 15) is 9.59 Å². The second-order valence-corrected chi connectivity index (χ2v) is 7.38. The molecule has 2 heterocycles. The number of carbonyl (C=O) groups excluding carboxylic acids is 2. The molecular weight excluding hydrogens is 378 g/mol. The number of ketones is 1. The Hall–Kier alpha value is -3.45. The van der Waals surface area contributed by atoms with Gasteiger partial charge in [-0.25, -0.2) is 0 Å². The molecule has 1 unspecified atom stereocenters. The van der Waals surface area contributed by atoms with Gasteiger partial charge in [0.05, 0.1) is 22.9 Å². The second-order valence-electron chi connectivity index (χ2n) is 7.38. The van der Waals surface area contributed by atoms with Crippen LogP contribution in [-0.4, -0.2) is 41.8 Å². The Bertz CT molecular complexity index is 1030. The van der Waals surface area contributed by atoms with E-state index in [-0.39, 0.29) is 24.0 Å². The van der Waals surface area contributed by atoms with Gasteiger partial charge in [0.1, 0.15) is 0 Å². The van der Waals surface area contributed by atoms with Crippen LogP contribution in [0.2, 0.25) is 0 Å². The smallest absolute Gasteiger partial charge is 0.224 e. The van der Waals surface area contributed by atoms with Gasteiger partial charge in [0.2, 0.25) is 5.91 Å². The molecule has 1 aliphatic rings. The van der Waals surface area contributed by atoms with Gasteiger partial charge < -0.3 is 20.9 Å². The van der Waals surface area contributed by atoms with Crippen LogP contribution in [0.1, 0.15) is 22.5 Å². The summed E-state index contributed by atoms with van der Waals surface area (Å²) in [4.78, 5) is 33.2. The molecule has 30 heavy (non-hydrogen) atoms. The van der Waals surface area contributed by atoms with Crippen LogP contribution in [0.3, 0.4) is 0 Å². The predicted octanol–water partition coefficient (Wildman–Crippen LogP) is 2.90. The lowest BCUT2D eigenvalue weighted by Crippen LogP contribution is -2.38. The molecule has 1 aliphatic carbocycles. The highest BCUT2D eigenvalue weighted by Crippen LogP contribution is 2.39. The Kier molecular flexibility index (Phi) is 5.90. The molecule has 3 aromatic rings. The van der Waals surface area contributed by atoms with E-state index < -0.39 is 0 Å². The summed E-state index contributed by atoms with van der Waals surface area (Å²) in [5, 5.41) is 9.32. The number of nitrogens with zero attached hydrogens (tertiary/aromatic N) is 1. The topological polar surface area (TPSA) is 98.9 Å². The fourth-order valence-electron chi connectivity index (χ4n) is 3.82. The quantitative estimate of drug-likeness (QED) is 0.455. The van der Waals surface area contributed by atoms with Gasteiger partial charge in [0, 0.05) is 55.3 Å². The van der Waals surface area contributed by atoms with Gasteiger partial charge in [-0.05, 0) is 31.3 Å². The van der Waals surface area contributed by atoms with E-state index in [1.807, 2.05) is 49.5 Å². The van der Waals surface area contributed by atoms with Crippen molar-refractivity contribution in [2.24, 2.45) is 5.92 Å². The molecule has 7 heteroatoms. The molecule has 1 amide bonds. The number of carbonyl (C=O) groups is 2. The third-order valence-electron chi connectivity index (χ3n) is 5.30. The van der Waals surface area contributed by atoms with Gasteiger partial charge in [-0.2, -0.15) is 0 Å². The van der Waals surface area contributed by atoms with Gasteiger partial charge >= 0.3 is 0 Å². The van der Waals surface area contributed by atoms with Crippen LogP contribution in [0.25, 0.3) is 11.3 Å². The fourth-order valence-corrected chi connectivity index (χ4v) is 3.82. The van der Waals surface area contributed by atoms with Crippen LogP contribution in [0.15, 0.2) is 54.9 Å². The number of amides is 1. The number of anilines is 2. The summed E-state index contributed by atoms with van der Waals surface area (Å²) in [7, 11) is 1.84. The second kappa shape index (κ2) is 8.92. The Balaban J connectivity index is 1.69. The van der Waals surface area contributed by atoms with Crippen LogP contribution in [0, 0.1) is 5.92 Å². The highest BCUT2D eigenvalue weighted by molar-refractivity contribution is 6.09. The highest BCUT2D eigenvalue weighted by Gasteiger charge is 2.34. The minimum absolute atomic E-state index is 0.0278. The molecule has 0 saturated carbocycles. The number of benzene rings is 1. The molecule has 0 spiro atoms. The van der Waals surface area contributed by atoms with Crippen molar-refractivity contribution in [3.8, 4) is 11.3 Å². The fraction of sp³-hybridized carbons (Fsp3) is 0.261. The predicted molar refractivity (Wildman–Crippen MR) is 117 cm³/mol. The summed E-state index contributed by atoms with van der Waals surface area (Å²) < 4.78 is 0. The molecule has 4 N–H and O–H groups in total. The number of likely N-dealkylation sites (N-methyl/N-ethyl adjacent to an activating group) is 1. The molecule has 1 atom stereocenters. The zero-order valence-electron chi connectivity index (χ0n) is 16.9. The number of nitrogens with one attached hydrogen (secondary N) is 4. The first-order chi connectivity index (χ1) is 14.7. The maximum atomic E-state index is 13.1. The summed E-state index contributed by atoms with van der Waals surface area (Å²) in [5.41, 5.74) is 4.85. The van der Waals surface area contributed by atoms with Gasteiger partial charge in [-0.1, -0.05) is 18.2 Å². The lowest BCUT2D eigenvalue weighted by atomic mass is 9.85. The van der Waals surface area contributed by atoms with Crippen LogP contribution >= 0.6 is 0 Å². The molecule has 2 aromatic heterocycles. The van der Waals surface area contributed by atoms with Crippen molar-refractivity contribution < 1.29 is 9.59 Å². The summed E-state index contributed by atoms with van der Waals surface area (Å²) in [5.74, 6) is -0.475. The van der Waals surface area contributed by atoms with Crippen LogP contribution < -0.4 is 16.0 Å². The Morgan fingerprint density at radius 3 is 2.60 bits per heavy atom. The number of aromatic nitrogens is 2. The normalized spacial score (nSPS) is 15.5. The van der Waals surface area contributed by atoms with Crippen molar-refractivity contribution in [1.82, 2.24) is 20.6 Å². The van der Waals surface area contributed by atoms with Gasteiger partial charge in [-0.15, -0.1) is 0 Å². The van der Waals surface area contributed by atoms with Crippen LogP contribution in [0.5, 0.6) is 0 Å². The van der Waals surface area contributed by atoms with E-state index in [1.165, 1.54) is 0 Å². The number of aromatic amines is 1. The van der Waals surface area contributed by atoms with Crippen molar-refractivity contribution in [3.63, 3.8) is 0 Å². The average molecular weight is 403 g/mol. The van der Waals surface area contributed by atoms with Crippen molar-refractivity contribution in [3.05, 3.63) is 66.1 Å². The molecule has 0 radical (unpaired) electrons. The van der Waals surface area contributed by atoms with E-state index in [4.69, 9.17) is 0 Å². The number of hydrogen-bond acceptors (Lipinski definition) is 5. The molecular formula is C23H25N5O2. The maximum absolute atomic E-state index is 13.1. The first-order valence-corrected chi connectivity index (χ1v) is 10.1. The summed E-state index contributed by atoms with van der Waals surface area (Å²) >= 11 is 0. The molecule has 0 saturated heterocycles. The lowest BCUT2D eigenvalue weighted by molar-refractivity contribution is -0.125. The minimum atomic E-state index is -0.365. The van der Waals surface area contributed by atoms with Crippen LogP contribution in [0.4, 0.5) is 11.4 Å². The van der Waals surface area contributed by atoms with Crippen molar-refractivity contribution in [2.45, 2.75) is 12.8 Å². The molecule has 0 fully saturated rings.